The van der Waals surface area contributed by atoms with Crippen molar-refractivity contribution in [1.82, 2.24) is 20.0 Å². The van der Waals surface area contributed by atoms with Crippen LogP contribution < -0.4 is 5.32 Å². The number of urea groups is 1. The molecule has 0 bridgehead atoms. The summed E-state index contributed by atoms with van der Waals surface area (Å²) in [6.07, 6.45) is 7.28. The van der Waals surface area contributed by atoms with Crippen LogP contribution in [0.1, 0.15) is 55.7 Å². The van der Waals surface area contributed by atoms with E-state index in [0.717, 1.165) is 71.1 Å². The fraction of sp³-hybridized carbons (Fsp3) is 0.667. The maximum Gasteiger partial charge on any atom is 0.319 e. The zero-order valence-corrected chi connectivity index (χ0v) is 18.5. The third-order valence-electron chi connectivity index (χ3n) is 7.22. The number of carbonyl (C=O) groups is 2. The van der Waals surface area contributed by atoms with Gasteiger partial charge < -0.3 is 20.0 Å². The molecule has 0 saturated carbocycles. The van der Waals surface area contributed by atoms with E-state index in [9.17, 15) is 9.59 Å². The van der Waals surface area contributed by atoms with Crippen LogP contribution in [0.4, 0.5) is 4.79 Å². The molecule has 6 nitrogen and oxygen atoms in total. The summed E-state index contributed by atoms with van der Waals surface area (Å²) in [7, 11) is 3.63. The van der Waals surface area contributed by atoms with Gasteiger partial charge in [0.15, 0.2) is 0 Å². The number of amides is 3. The van der Waals surface area contributed by atoms with E-state index in [1.54, 1.807) is 4.90 Å². The van der Waals surface area contributed by atoms with E-state index in [-0.39, 0.29) is 23.9 Å². The van der Waals surface area contributed by atoms with Gasteiger partial charge in [-0.3, -0.25) is 4.79 Å². The predicted molar refractivity (Wildman–Crippen MR) is 118 cm³/mol. The molecule has 4 rings (SSSR count). The van der Waals surface area contributed by atoms with Gasteiger partial charge in [-0.2, -0.15) is 0 Å². The number of benzene rings is 1. The molecular formula is C24H36N4O2. The van der Waals surface area contributed by atoms with Gasteiger partial charge in [0.05, 0.1) is 6.04 Å². The Morgan fingerprint density at radius 2 is 1.67 bits per heavy atom. The molecule has 2 fully saturated rings. The fourth-order valence-electron chi connectivity index (χ4n) is 5.43. The number of piperidine rings is 2. The standard InChI is InChI=1S/C24H36N4O2/c1-26(2)24(30)28-16-12-20(13-17-28)27-14-10-19(11-15-27)23(29)25-22-9-5-7-18-6-3-4-8-21(18)22/h3-4,6,8,19-20,22H,5,7,9-17H2,1-2H3,(H,25,29). The number of rotatable bonds is 3. The molecule has 2 aliphatic heterocycles. The van der Waals surface area contributed by atoms with Gasteiger partial charge in [-0.15, -0.1) is 0 Å². The number of hydrogen-bond donors (Lipinski definition) is 1. The number of aryl methyl sites for hydroxylation is 1. The smallest absolute Gasteiger partial charge is 0.319 e. The van der Waals surface area contributed by atoms with Crippen LogP contribution in [0.5, 0.6) is 0 Å². The van der Waals surface area contributed by atoms with E-state index < -0.39 is 0 Å². The number of likely N-dealkylation sites (tertiary alicyclic amines) is 2. The van der Waals surface area contributed by atoms with Gasteiger partial charge in [-0.25, -0.2) is 4.79 Å². The molecule has 6 heteroatoms. The molecule has 1 aliphatic carbocycles. The van der Waals surface area contributed by atoms with Gasteiger partial charge >= 0.3 is 6.03 Å². The molecule has 2 heterocycles. The summed E-state index contributed by atoms with van der Waals surface area (Å²) in [6.45, 7) is 3.66. The Hall–Kier alpha value is -2.08. The molecule has 1 aromatic rings. The van der Waals surface area contributed by atoms with Crippen LogP contribution in [-0.2, 0) is 11.2 Å². The number of carbonyl (C=O) groups excluding carboxylic acids is 2. The molecule has 0 aromatic heterocycles. The Labute approximate surface area is 180 Å². The molecule has 1 N–H and O–H groups in total. The summed E-state index contributed by atoms with van der Waals surface area (Å²) in [4.78, 5) is 31.3. The molecule has 1 aromatic carbocycles. The SMILES string of the molecule is CN(C)C(=O)N1CCC(N2CCC(C(=O)NC3CCCc4ccccc43)CC2)CC1. The first-order valence-electron chi connectivity index (χ1n) is 11.6. The van der Waals surface area contributed by atoms with Crippen LogP contribution in [0.3, 0.4) is 0 Å². The summed E-state index contributed by atoms with van der Waals surface area (Å²) in [5.74, 6) is 0.369. The lowest BCUT2D eigenvalue weighted by atomic mass is 9.86. The Balaban J connectivity index is 1.24. The summed E-state index contributed by atoms with van der Waals surface area (Å²) in [6, 6.07) is 9.40. The van der Waals surface area contributed by atoms with Crippen LogP contribution in [-0.4, -0.2) is 73.0 Å². The summed E-state index contributed by atoms with van der Waals surface area (Å²) >= 11 is 0. The summed E-state index contributed by atoms with van der Waals surface area (Å²) in [5.41, 5.74) is 2.71. The highest BCUT2D eigenvalue weighted by atomic mass is 16.2. The van der Waals surface area contributed by atoms with E-state index in [1.807, 2.05) is 19.0 Å². The molecule has 3 amide bonds. The van der Waals surface area contributed by atoms with Crippen LogP contribution >= 0.6 is 0 Å². The van der Waals surface area contributed by atoms with Gasteiger partial charge in [0.25, 0.3) is 0 Å². The summed E-state index contributed by atoms with van der Waals surface area (Å²) < 4.78 is 0. The van der Waals surface area contributed by atoms with Gasteiger partial charge in [0.1, 0.15) is 0 Å². The second kappa shape index (κ2) is 9.38. The third-order valence-corrected chi connectivity index (χ3v) is 7.22. The van der Waals surface area contributed by atoms with Crippen molar-refractivity contribution >= 4 is 11.9 Å². The van der Waals surface area contributed by atoms with E-state index >= 15 is 0 Å². The monoisotopic (exact) mass is 412 g/mol. The van der Waals surface area contributed by atoms with Crippen molar-refractivity contribution in [3.63, 3.8) is 0 Å². The zero-order chi connectivity index (χ0) is 21.1. The van der Waals surface area contributed by atoms with Crippen LogP contribution in [0.25, 0.3) is 0 Å². The quantitative estimate of drug-likeness (QED) is 0.830. The highest BCUT2D eigenvalue weighted by molar-refractivity contribution is 5.79. The Kier molecular flexibility index (Phi) is 6.61. The molecule has 30 heavy (non-hydrogen) atoms. The molecule has 0 spiro atoms. The first kappa shape index (κ1) is 21.2. The van der Waals surface area contributed by atoms with E-state index in [4.69, 9.17) is 0 Å². The van der Waals surface area contributed by atoms with Gasteiger partial charge in [0, 0.05) is 39.1 Å². The highest BCUT2D eigenvalue weighted by Crippen LogP contribution is 2.31. The van der Waals surface area contributed by atoms with Gasteiger partial charge in [0.2, 0.25) is 5.91 Å². The largest absolute Gasteiger partial charge is 0.349 e. The zero-order valence-electron chi connectivity index (χ0n) is 18.5. The third kappa shape index (κ3) is 4.64. The van der Waals surface area contributed by atoms with Crippen LogP contribution in [0.2, 0.25) is 0 Å². The van der Waals surface area contributed by atoms with E-state index in [2.05, 4.69) is 34.5 Å². The second-order valence-corrected chi connectivity index (χ2v) is 9.36. The number of nitrogens with one attached hydrogen (secondary N) is 1. The van der Waals surface area contributed by atoms with Crippen molar-refractivity contribution in [3.8, 4) is 0 Å². The van der Waals surface area contributed by atoms with Crippen molar-refractivity contribution in [3.05, 3.63) is 35.4 Å². The highest BCUT2D eigenvalue weighted by Gasteiger charge is 2.33. The van der Waals surface area contributed by atoms with Gasteiger partial charge in [-0.05, 0) is 69.2 Å². The molecule has 0 radical (unpaired) electrons. The second-order valence-electron chi connectivity index (χ2n) is 9.36. The lowest BCUT2D eigenvalue weighted by Gasteiger charge is -2.42. The average molecular weight is 413 g/mol. The topological polar surface area (TPSA) is 55.9 Å². The number of hydrogen-bond acceptors (Lipinski definition) is 3. The Bertz CT molecular complexity index is 749. The maximum absolute atomic E-state index is 13.0. The molecule has 3 aliphatic rings. The lowest BCUT2D eigenvalue weighted by Crippen LogP contribution is -2.51. The first-order valence-corrected chi connectivity index (χ1v) is 11.6. The molecule has 1 atom stereocenters. The Morgan fingerprint density at radius 3 is 2.37 bits per heavy atom. The maximum atomic E-state index is 13.0. The normalized spacial score (nSPS) is 23.7. The molecule has 2 saturated heterocycles. The predicted octanol–water partition coefficient (Wildman–Crippen LogP) is 3.04. The van der Waals surface area contributed by atoms with E-state index in [1.165, 1.54) is 11.1 Å². The minimum absolute atomic E-state index is 0.119. The number of fused-ring (bicyclic) bond motifs is 1. The van der Waals surface area contributed by atoms with Crippen molar-refractivity contribution in [2.24, 2.45) is 5.92 Å². The summed E-state index contributed by atoms with van der Waals surface area (Å²) in [5, 5.41) is 3.36. The molecular weight excluding hydrogens is 376 g/mol. The van der Waals surface area contributed by atoms with E-state index in [0.29, 0.717) is 6.04 Å². The van der Waals surface area contributed by atoms with Gasteiger partial charge in [-0.1, -0.05) is 24.3 Å². The van der Waals surface area contributed by atoms with Crippen LogP contribution in [0.15, 0.2) is 24.3 Å². The fourth-order valence-corrected chi connectivity index (χ4v) is 5.43. The number of nitrogens with zero attached hydrogens (tertiary/aromatic N) is 3. The van der Waals surface area contributed by atoms with Crippen molar-refractivity contribution in [2.45, 2.75) is 57.0 Å². The van der Waals surface area contributed by atoms with Crippen molar-refractivity contribution < 1.29 is 9.59 Å². The lowest BCUT2D eigenvalue weighted by molar-refractivity contribution is -0.127. The first-order chi connectivity index (χ1) is 14.5. The minimum atomic E-state index is 0.119. The van der Waals surface area contributed by atoms with Crippen molar-refractivity contribution in [2.75, 3.05) is 40.3 Å². The minimum Gasteiger partial charge on any atom is -0.349 e. The van der Waals surface area contributed by atoms with Crippen LogP contribution in [0, 0.1) is 5.92 Å². The van der Waals surface area contributed by atoms with Crippen molar-refractivity contribution in [1.29, 1.82) is 0 Å². The molecule has 1 unspecified atom stereocenters. The Morgan fingerprint density at radius 1 is 0.967 bits per heavy atom. The molecule has 164 valence electrons. The average Bonchev–Trinajstić information content (AvgIpc) is 2.79.